The van der Waals surface area contributed by atoms with Crippen molar-refractivity contribution in [1.29, 1.82) is 0 Å². The summed E-state index contributed by atoms with van der Waals surface area (Å²) in [5.41, 5.74) is 0.893. The Kier molecular flexibility index (Phi) is 5.06. The second kappa shape index (κ2) is 7.40. The molecule has 2 fully saturated rings. The number of hydrogen-bond acceptors (Lipinski definition) is 5. The van der Waals surface area contributed by atoms with Crippen LogP contribution < -0.4 is 0 Å². The van der Waals surface area contributed by atoms with Crippen molar-refractivity contribution in [2.45, 2.75) is 36.6 Å². The molecule has 1 aromatic rings. The second-order valence-corrected chi connectivity index (χ2v) is 10.1. The second-order valence-electron chi connectivity index (χ2n) is 8.07. The van der Waals surface area contributed by atoms with E-state index in [4.69, 9.17) is 0 Å². The van der Waals surface area contributed by atoms with Crippen LogP contribution in [0.25, 0.3) is 0 Å². The van der Waals surface area contributed by atoms with Gasteiger partial charge in [-0.05, 0) is 37.0 Å². The van der Waals surface area contributed by atoms with Crippen molar-refractivity contribution in [1.82, 2.24) is 9.80 Å². The number of carbonyl (C=O) groups excluding carboxylic acids is 3. The third-order valence-electron chi connectivity index (χ3n) is 6.10. The number of carbonyl (C=O) groups is 3. The Bertz CT molecular complexity index is 951. The Hall–Kier alpha value is -2.48. The van der Waals surface area contributed by atoms with E-state index in [9.17, 15) is 22.8 Å². The van der Waals surface area contributed by atoms with Gasteiger partial charge in [-0.2, -0.15) is 0 Å². The number of allylic oxidation sites excluding steroid dienone is 2. The highest BCUT2D eigenvalue weighted by atomic mass is 32.2. The summed E-state index contributed by atoms with van der Waals surface area (Å²) in [5, 5.41) is 0. The van der Waals surface area contributed by atoms with E-state index in [0.717, 1.165) is 11.8 Å². The monoisotopic (exact) mass is 416 g/mol. The molecule has 2 heterocycles. The molecule has 4 rings (SSSR count). The molecule has 3 amide bonds. The molecule has 2 atom stereocenters. The quantitative estimate of drug-likeness (QED) is 0.531. The van der Waals surface area contributed by atoms with Crippen molar-refractivity contribution in [3.63, 3.8) is 0 Å². The Morgan fingerprint density at radius 1 is 1.00 bits per heavy atom. The molecule has 0 spiro atoms. The van der Waals surface area contributed by atoms with Crippen molar-refractivity contribution in [2.75, 3.05) is 19.3 Å². The van der Waals surface area contributed by atoms with Gasteiger partial charge in [0.15, 0.2) is 9.84 Å². The van der Waals surface area contributed by atoms with E-state index >= 15 is 0 Å². The lowest BCUT2D eigenvalue weighted by Gasteiger charge is -2.43. The van der Waals surface area contributed by atoms with Crippen LogP contribution in [0.15, 0.2) is 41.3 Å². The Morgan fingerprint density at radius 3 is 2.07 bits per heavy atom. The number of benzene rings is 1. The molecule has 0 saturated carbocycles. The summed E-state index contributed by atoms with van der Waals surface area (Å²) in [6, 6.07) is 6.33. The minimum absolute atomic E-state index is 0.0217. The number of aryl methyl sites for hydroxylation is 1. The normalized spacial score (nSPS) is 24.6. The average Bonchev–Trinajstić information content (AvgIpc) is 2.90. The Labute approximate surface area is 170 Å². The molecule has 0 aromatic heterocycles. The van der Waals surface area contributed by atoms with Crippen LogP contribution in [0.5, 0.6) is 0 Å². The Morgan fingerprint density at radius 2 is 1.55 bits per heavy atom. The first-order valence-corrected chi connectivity index (χ1v) is 11.7. The predicted molar refractivity (Wildman–Crippen MR) is 105 cm³/mol. The lowest BCUT2D eigenvalue weighted by Crippen LogP contribution is -2.62. The summed E-state index contributed by atoms with van der Waals surface area (Å²) in [7, 11) is -3.23. The van der Waals surface area contributed by atoms with E-state index in [-0.39, 0.29) is 40.5 Å². The van der Waals surface area contributed by atoms with Gasteiger partial charge in [-0.1, -0.05) is 24.3 Å². The summed E-state index contributed by atoms with van der Waals surface area (Å²) in [6.07, 6.45) is 7.17. The van der Waals surface area contributed by atoms with E-state index in [1.165, 1.54) is 4.90 Å². The molecule has 0 N–H and O–H groups in total. The van der Waals surface area contributed by atoms with Crippen LogP contribution in [0.2, 0.25) is 0 Å². The smallest absolute Gasteiger partial charge is 0.233 e. The fraction of sp³-hybridized carbons (Fsp3) is 0.476. The van der Waals surface area contributed by atoms with Crippen LogP contribution in [-0.2, 0) is 30.6 Å². The number of likely N-dealkylation sites (tertiary alicyclic amines) is 2. The van der Waals surface area contributed by atoms with Crippen LogP contribution in [0, 0.1) is 11.8 Å². The van der Waals surface area contributed by atoms with Crippen LogP contribution in [0.1, 0.15) is 24.8 Å². The van der Waals surface area contributed by atoms with Crippen molar-refractivity contribution in [3.05, 3.63) is 42.0 Å². The SMILES string of the molecule is CS(=O)(=O)c1ccc(CCC(=O)N2CC(N3C(=O)[C@H]4CC=CC[C@@H]4C3=O)C2)cc1. The molecule has 1 aromatic carbocycles. The van der Waals surface area contributed by atoms with Crippen molar-refractivity contribution < 1.29 is 22.8 Å². The molecule has 1 aliphatic carbocycles. The first kappa shape index (κ1) is 19.8. The van der Waals surface area contributed by atoms with E-state index < -0.39 is 9.84 Å². The summed E-state index contributed by atoms with van der Waals surface area (Å²) in [4.78, 5) is 41.0. The van der Waals surface area contributed by atoms with Crippen molar-refractivity contribution in [2.24, 2.45) is 11.8 Å². The summed E-state index contributed by atoms with van der Waals surface area (Å²) >= 11 is 0. The van der Waals surface area contributed by atoms with Gasteiger partial charge in [0.1, 0.15) is 0 Å². The minimum atomic E-state index is -3.23. The molecule has 0 bridgehead atoms. The molecule has 2 saturated heterocycles. The number of amides is 3. The van der Waals surface area contributed by atoms with Gasteiger partial charge in [-0.25, -0.2) is 8.42 Å². The first-order valence-electron chi connectivity index (χ1n) is 9.84. The molecule has 0 radical (unpaired) electrons. The van der Waals surface area contributed by atoms with Gasteiger partial charge >= 0.3 is 0 Å². The zero-order valence-corrected chi connectivity index (χ0v) is 17.1. The maximum Gasteiger partial charge on any atom is 0.233 e. The van der Waals surface area contributed by atoms with Gasteiger partial charge in [-0.15, -0.1) is 0 Å². The zero-order valence-electron chi connectivity index (χ0n) is 16.3. The fourth-order valence-corrected chi connectivity index (χ4v) is 4.95. The fourth-order valence-electron chi connectivity index (χ4n) is 4.32. The Balaban J connectivity index is 1.28. The van der Waals surface area contributed by atoms with Crippen LogP contribution in [0.3, 0.4) is 0 Å². The molecule has 3 aliphatic rings. The van der Waals surface area contributed by atoms with Gasteiger partial charge in [0.25, 0.3) is 0 Å². The molecule has 8 heteroatoms. The molecular formula is C21H24N2O5S. The number of fused-ring (bicyclic) bond motifs is 1. The topological polar surface area (TPSA) is 91.8 Å². The molecule has 7 nitrogen and oxygen atoms in total. The summed E-state index contributed by atoms with van der Waals surface area (Å²) < 4.78 is 23.0. The number of hydrogen-bond donors (Lipinski definition) is 0. The van der Waals surface area contributed by atoms with Gasteiger partial charge in [0, 0.05) is 25.8 Å². The van der Waals surface area contributed by atoms with E-state index in [0.29, 0.717) is 38.8 Å². The lowest BCUT2D eigenvalue weighted by atomic mass is 9.85. The van der Waals surface area contributed by atoms with Gasteiger partial charge in [-0.3, -0.25) is 19.3 Å². The standard InChI is InChI=1S/C21H24N2O5S/c1-29(27,28)16-9-6-14(7-10-16)8-11-19(24)22-12-15(13-22)23-20(25)17-4-2-3-5-18(17)21(23)26/h2-3,6-7,9-10,15,17-18H,4-5,8,11-13H2,1H3/t17-,18-/m0/s1. The number of nitrogens with zero attached hydrogens (tertiary/aromatic N) is 2. The molecule has 154 valence electrons. The third-order valence-corrected chi connectivity index (χ3v) is 7.23. The summed E-state index contributed by atoms with van der Waals surface area (Å²) in [5.74, 6) is -0.661. The highest BCUT2D eigenvalue weighted by Gasteiger charge is 2.52. The third kappa shape index (κ3) is 3.73. The number of rotatable bonds is 5. The van der Waals surface area contributed by atoms with Gasteiger partial charge < -0.3 is 4.90 Å². The highest BCUT2D eigenvalue weighted by molar-refractivity contribution is 7.90. The maximum atomic E-state index is 12.6. The molecule has 29 heavy (non-hydrogen) atoms. The van der Waals surface area contributed by atoms with Crippen LogP contribution >= 0.6 is 0 Å². The average molecular weight is 416 g/mol. The maximum absolute atomic E-state index is 12.6. The van der Waals surface area contributed by atoms with Crippen LogP contribution in [0.4, 0.5) is 0 Å². The highest BCUT2D eigenvalue weighted by Crippen LogP contribution is 2.37. The van der Waals surface area contributed by atoms with Gasteiger partial charge in [0.05, 0.1) is 22.8 Å². The lowest BCUT2D eigenvalue weighted by molar-refractivity contribution is -0.152. The first-order chi connectivity index (χ1) is 13.8. The largest absolute Gasteiger partial charge is 0.338 e. The minimum Gasteiger partial charge on any atom is -0.338 e. The molecule has 0 unspecified atom stereocenters. The predicted octanol–water partition coefficient (Wildman–Crippen LogP) is 1.18. The van der Waals surface area contributed by atoms with E-state index in [1.807, 2.05) is 12.2 Å². The molecule has 2 aliphatic heterocycles. The summed E-state index contributed by atoms with van der Waals surface area (Å²) in [6.45, 7) is 0.798. The van der Waals surface area contributed by atoms with Crippen molar-refractivity contribution >= 4 is 27.6 Å². The zero-order chi connectivity index (χ0) is 20.8. The van der Waals surface area contributed by atoms with Gasteiger partial charge in [0.2, 0.25) is 17.7 Å². The number of imide groups is 1. The van der Waals surface area contributed by atoms with Crippen molar-refractivity contribution in [3.8, 4) is 0 Å². The molecular weight excluding hydrogens is 392 g/mol. The van der Waals surface area contributed by atoms with E-state index in [1.54, 1.807) is 29.2 Å². The van der Waals surface area contributed by atoms with E-state index in [2.05, 4.69) is 0 Å². The van der Waals surface area contributed by atoms with Crippen LogP contribution in [-0.4, -0.2) is 61.3 Å². The number of sulfone groups is 1.